The predicted octanol–water partition coefficient (Wildman–Crippen LogP) is 1.78. The van der Waals surface area contributed by atoms with Crippen LogP contribution in [0.1, 0.15) is 39.5 Å². The third-order valence-electron chi connectivity index (χ3n) is 4.55. The zero-order valence-electron chi connectivity index (χ0n) is 12.2. The molecule has 0 spiro atoms. The van der Waals surface area contributed by atoms with Gasteiger partial charge in [-0.1, -0.05) is 13.8 Å². The largest absolute Gasteiger partial charge is 0.330 e. The van der Waals surface area contributed by atoms with Crippen molar-refractivity contribution < 1.29 is 0 Å². The molecule has 17 heavy (non-hydrogen) atoms. The highest BCUT2D eigenvalue weighted by molar-refractivity contribution is 4.88. The van der Waals surface area contributed by atoms with Crippen LogP contribution in [0.4, 0.5) is 0 Å². The average Bonchev–Trinajstić information content (AvgIpc) is 2.72. The molecule has 0 aromatic rings. The van der Waals surface area contributed by atoms with Crippen molar-refractivity contribution in [1.29, 1.82) is 0 Å². The van der Waals surface area contributed by atoms with Crippen LogP contribution in [0.15, 0.2) is 0 Å². The van der Waals surface area contributed by atoms with Crippen LogP contribution >= 0.6 is 0 Å². The highest BCUT2D eigenvalue weighted by atomic mass is 15.2. The van der Waals surface area contributed by atoms with Crippen LogP contribution in [-0.2, 0) is 0 Å². The average molecular weight is 241 g/mol. The summed E-state index contributed by atoms with van der Waals surface area (Å²) in [6.45, 7) is 9.04. The SMILES string of the molecule is CCC(CC)(CN)CN1CCCC1CN(C)C. The quantitative estimate of drug-likeness (QED) is 0.737. The van der Waals surface area contributed by atoms with Gasteiger partial charge >= 0.3 is 0 Å². The molecule has 0 bridgehead atoms. The maximum absolute atomic E-state index is 6.02. The fraction of sp³-hybridized carbons (Fsp3) is 1.00. The number of nitrogens with zero attached hydrogens (tertiary/aromatic N) is 2. The van der Waals surface area contributed by atoms with E-state index in [9.17, 15) is 0 Å². The van der Waals surface area contributed by atoms with Crippen LogP contribution < -0.4 is 5.73 Å². The third kappa shape index (κ3) is 3.94. The molecule has 1 fully saturated rings. The van der Waals surface area contributed by atoms with E-state index in [4.69, 9.17) is 5.73 Å². The van der Waals surface area contributed by atoms with E-state index >= 15 is 0 Å². The Kier molecular flexibility index (Phi) is 5.90. The van der Waals surface area contributed by atoms with E-state index in [1.54, 1.807) is 0 Å². The molecule has 0 amide bonds. The normalized spacial score (nSPS) is 22.6. The molecule has 0 aromatic heterocycles. The molecule has 1 rings (SSSR count). The first-order chi connectivity index (χ1) is 8.06. The van der Waals surface area contributed by atoms with E-state index < -0.39 is 0 Å². The van der Waals surface area contributed by atoms with Crippen molar-refractivity contribution in [1.82, 2.24) is 9.80 Å². The molecule has 2 N–H and O–H groups in total. The summed E-state index contributed by atoms with van der Waals surface area (Å²) in [6, 6.07) is 0.744. The number of likely N-dealkylation sites (tertiary alicyclic amines) is 1. The number of likely N-dealkylation sites (N-methyl/N-ethyl adjacent to an activating group) is 1. The van der Waals surface area contributed by atoms with E-state index in [1.807, 2.05) is 0 Å². The Bertz CT molecular complexity index is 203. The van der Waals surface area contributed by atoms with Gasteiger partial charge in [0.15, 0.2) is 0 Å². The van der Waals surface area contributed by atoms with Crippen LogP contribution in [0.2, 0.25) is 0 Å². The molecule has 1 unspecified atom stereocenters. The molecule has 0 saturated carbocycles. The maximum atomic E-state index is 6.02. The second kappa shape index (κ2) is 6.72. The van der Waals surface area contributed by atoms with Crippen molar-refractivity contribution in [2.75, 3.05) is 40.3 Å². The molecule has 3 heteroatoms. The number of rotatable bonds is 7. The molecule has 3 nitrogen and oxygen atoms in total. The van der Waals surface area contributed by atoms with Gasteiger partial charge in [0.1, 0.15) is 0 Å². The number of hydrogen-bond donors (Lipinski definition) is 1. The first kappa shape index (κ1) is 14.9. The van der Waals surface area contributed by atoms with Crippen LogP contribution in [0.5, 0.6) is 0 Å². The van der Waals surface area contributed by atoms with Gasteiger partial charge < -0.3 is 10.6 Å². The molecule has 102 valence electrons. The summed E-state index contributed by atoms with van der Waals surface area (Å²) < 4.78 is 0. The Hall–Kier alpha value is -0.120. The van der Waals surface area contributed by atoms with Crippen LogP contribution in [0.3, 0.4) is 0 Å². The van der Waals surface area contributed by atoms with Crippen molar-refractivity contribution in [3.63, 3.8) is 0 Å². The van der Waals surface area contributed by atoms with Crippen molar-refractivity contribution in [2.24, 2.45) is 11.1 Å². The highest BCUT2D eigenvalue weighted by Gasteiger charge is 2.32. The van der Waals surface area contributed by atoms with Gasteiger partial charge in [-0.25, -0.2) is 0 Å². The summed E-state index contributed by atoms with van der Waals surface area (Å²) in [6.07, 6.45) is 5.11. The molecule has 1 aliphatic rings. The van der Waals surface area contributed by atoms with Gasteiger partial charge in [0.2, 0.25) is 0 Å². The standard InChI is InChI=1S/C14H31N3/c1-5-14(6-2,11-15)12-17-9-7-8-13(17)10-16(3)4/h13H,5-12,15H2,1-4H3. The van der Waals surface area contributed by atoms with E-state index in [0.29, 0.717) is 5.41 Å². The van der Waals surface area contributed by atoms with E-state index in [0.717, 1.165) is 12.6 Å². The third-order valence-corrected chi connectivity index (χ3v) is 4.55. The lowest BCUT2D eigenvalue weighted by atomic mass is 9.81. The molecule has 0 aromatic carbocycles. The van der Waals surface area contributed by atoms with Gasteiger partial charge in [-0.3, -0.25) is 4.90 Å². The fourth-order valence-electron chi connectivity index (χ4n) is 2.99. The Labute approximate surface area is 107 Å². The molecule has 1 atom stereocenters. The summed E-state index contributed by atoms with van der Waals surface area (Å²) in [5.41, 5.74) is 6.36. The lowest BCUT2D eigenvalue weighted by molar-refractivity contribution is 0.119. The molecular formula is C14H31N3. The zero-order valence-corrected chi connectivity index (χ0v) is 12.2. The molecular weight excluding hydrogens is 210 g/mol. The Morgan fingerprint density at radius 2 is 1.94 bits per heavy atom. The summed E-state index contributed by atoms with van der Waals surface area (Å²) >= 11 is 0. The highest BCUT2D eigenvalue weighted by Crippen LogP contribution is 2.30. The second-order valence-corrected chi connectivity index (χ2v) is 5.94. The topological polar surface area (TPSA) is 32.5 Å². The summed E-state index contributed by atoms with van der Waals surface area (Å²) in [4.78, 5) is 4.99. The lowest BCUT2D eigenvalue weighted by Gasteiger charge is -2.38. The number of hydrogen-bond acceptors (Lipinski definition) is 3. The van der Waals surface area contributed by atoms with Crippen LogP contribution in [-0.4, -0.2) is 56.1 Å². The van der Waals surface area contributed by atoms with Gasteiger partial charge in [-0.2, -0.15) is 0 Å². The molecule has 0 aliphatic carbocycles. The van der Waals surface area contributed by atoms with Crippen molar-refractivity contribution in [3.8, 4) is 0 Å². The summed E-state index contributed by atoms with van der Waals surface area (Å²) in [5, 5.41) is 0. The smallest absolute Gasteiger partial charge is 0.0223 e. The minimum Gasteiger partial charge on any atom is -0.330 e. The predicted molar refractivity (Wildman–Crippen MR) is 75.2 cm³/mol. The monoisotopic (exact) mass is 241 g/mol. The minimum absolute atomic E-state index is 0.342. The van der Waals surface area contributed by atoms with Gasteiger partial charge in [-0.05, 0) is 58.3 Å². The Morgan fingerprint density at radius 3 is 2.41 bits per heavy atom. The van der Waals surface area contributed by atoms with Crippen molar-refractivity contribution >= 4 is 0 Å². The second-order valence-electron chi connectivity index (χ2n) is 5.94. The summed E-state index contributed by atoms with van der Waals surface area (Å²) in [5.74, 6) is 0. The molecule has 1 saturated heterocycles. The van der Waals surface area contributed by atoms with Crippen molar-refractivity contribution in [3.05, 3.63) is 0 Å². The van der Waals surface area contributed by atoms with E-state index in [-0.39, 0.29) is 0 Å². The van der Waals surface area contributed by atoms with Gasteiger partial charge in [0, 0.05) is 19.1 Å². The van der Waals surface area contributed by atoms with E-state index in [1.165, 1.54) is 45.3 Å². The first-order valence-corrected chi connectivity index (χ1v) is 7.15. The Balaban J connectivity index is 2.59. The lowest BCUT2D eigenvalue weighted by Crippen LogP contribution is -2.46. The van der Waals surface area contributed by atoms with Gasteiger partial charge in [-0.15, -0.1) is 0 Å². The maximum Gasteiger partial charge on any atom is 0.0223 e. The van der Waals surface area contributed by atoms with Gasteiger partial charge in [0.25, 0.3) is 0 Å². The van der Waals surface area contributed by atoms with Gasteiger partial charge in [0.05, 0.1) is 0 Å². The molecule has 1 aliphatic heterocycles. The molecule has 0 radical (unpaired) electrons. The zero-order chi connectivity index (χ0) is 12.9. The number of nitrogens with two attached hydrogens (primary N) is 1. The molecule has 1 heterocycles. The van der Waals surface area contributed by atoms with Crippen molar-refractivity contribution in [2.45, 2.75) is 45.6 Å². The fourth-order valence-corrected chi connectivity index (χ4v) is 2.99. The van der Waals surface area contributed by atoms with Crippen LogP contribution in [0.25, 0.3) is 0 Å². The first-order valence-electron chi connectivity index (χ1n) is 7.15. The minimum atomic E-state index is 0.342. The van der Waals surface area contributed by atoms with Crippen LogP contribution in [0, 0.1) is 5.41 Å². The summed E-state index contributed by atoms with van der Waals surface area (Å²) in [7, 11) is 4.35. The van der Waals surface area contributed by atoms with E-state index in [2.05, 4.69) is 37.7 Å². The Morgan fingerprint density at radius 1 is 1.29 bits per heavy atom.